The van der Waals surface area contributed by atoms with Crippen LogP contribution in [0.25, 0.3) is 0 Å². The van der Waals surface area contributed by atoms with Crippen LogP contribution in [0.1, 0.15) is 6.42 Å². The molecule has 6 heteroatoms. The van der Waals surface area contributed by atoms with Crippen molar-refractivity contribution in [3.8, 4) is 0 Å². The van der Waals surface area contributed by atoms with Crippen LogP contribution in [0.15, 0.2) is 24.8 Å². The van der Waals surface area contributed by atoms with E-state index in [0.717, 1.165) is 0 Å². The van der Waals surface area contributed by atoms with Crippen LogP contribution >= 0.6 is 0 Å². The number of nitrogens with one attached hydrogen (secondary N) is 1. The number of carbonyl (C=O) groups excluding carboxylic acids is 3. The first-order chi connectivity index (χ1) is 9.08. The van der Waals surface area contributed by atoms with Crippen molar-refractivity contribution in [2.75, 3.05) is 26.7 Å². The molecule has 0 saturated carbocycles. The van der Waals surface area contributed by atoms with Crippen molar-refractivity contribution < 1.29 is 19.1 Å². The van der Waals surface area contributed by atoms with Crippen LogP contribution in [0.3, 0.4) is 0 Å². The molecule has 0 aliphatic carbocycles. The third-order valence-corrected chi connectivity index (χ3v) is 2.78. The van der Waals surface area contributed by atoms with Gasteiger partial charge in [0.05, 0.1) is 13.0 Å². The fourth-order valence-electron chi connectivity index (χ4n) is 1.81. The summed E-state index contributed by atoms with van der Waals surface area (Å²) < 4.78 is 4.41. The zero-order valence-corrected chi connectivity index (χ0v) is 10.9. The quantitative estimate of drug-likeness (QED) is 0.413. The Bertz CT molecular complexity index is 403. The lowest BCUT2D eigenvalue weighted by Gasteiger charge is -2.13. The first-order valence-electron chi connectivity index (χ1n) is 5.99. The predicted molar refractivity (Wildman–Crippen MR) is 69.0 cm³/mol. The fourth-order valence-corrected chi connectivity index (χ4v) is 1.81. The molecule has 0 aromatic heterocycles. The van der Waals surface area contributed by atoms with E-state index in [2.05, 4.69) is 16.6 Å². The number of rotatable bonds is 6. The van der Waals surface area contributed by atoms with Gasteiger partial charge in [-0.2, -0.15) is 0 Å². The lowest BCUT2D eigenvalue weighted by Crippen LogP contribution is -2.33. The maximum Gasteiger partial charge on any atom is 0.330 e. The van der Waals surface area contributed by atoms with Crippen molar-refractivity contribution in [2.45, 2.75) is 6.42 Å². The Kier molecular flexibility index (Phi) is 5.78. The average molecular weight is 266 g/mol. The molecule has 2 amide bonds. The van der Waals surface area contributed by atoms with Crippen molar-refractivity contribution in [1.29, 1.82) is 0 Å². The molecule has 1 fully saturated rings. The largest absolute Gasteiger partial charge is 0.466 e. The Morgan fingerprint density at radius 3 is 2.95 bits per heavy atom. The summed E-state index contributed by atoms with van der Waals surface area (Å²) in [5.74, 6) is -1.03. The Balaban J connectivity index is 2.35. The summed E-state index contributed by atoms with van der Waals surface area (Å²) in [6, 6.07) is 0. The Labute approximate surface area is 112 Å². The molecule has 1 aliphatic heterocycles. The van der Waals surface area contributed by atoms with Crippen LogP contribution in [-0.2, 0) is 19.1 Å². The second-order valence-corrected chi connectivity index (χ2v) is 4.16. The molecule has 1 unspecified atom stereocenters. The molecule has 0 aromatic rings. The van der Waals surface area contributed by atoms with Gasteiger partial charge in [0.15, 0.2) is 0 Å². The number of nitrogens with zero attached hydrogens (tertiary/aromatic N) is 1. The molecule has 19 heavy (non-hydrogen) atoms. The van der Waals surface area contributed by atoms with E-state index in [0.29, 0.717) is 13.1 Å². The van der Waals surface area contributed by atoms with E-state index in [1.165, 1.54) is 19.3 Å². The van der Waals surface area contributed by atoms with E-state index in [-0.39, 0.29) is 30.7 Å². The summed E-state index contributed by atoms with van der Waals surface area (Å²) in [7, 11) is 1.28. The van der Waals surface area contributed by atoms with Gasteiger partial charge in [-0.1, -0.05) is 12.2 Å². The number of esters is 1. The fraction of sp³-hybridized carbons (Fsp3) is 0.462. The van der Waals surface area contributed by atoms with Gasteiger partial charge in [-0.15, -0.1) is 6.58 Å². The van der Waals surface area contributed by atoms with Crippen molar-refractivity contribution in [1.82, 2.24) is 10.2 Å². The number of ether oxygens (including phenoxy) is 1. The molecule has 1 atom stereocenters. The van der Waals surface area contributed by atoms with E-state index in [9.17, 15) is 14.4 Å². The first kappa shape index (κ1) is 14.9. The standard InChI is InChI=1S/C13H18N2O4/c1-3-7-15-9-10(8-11(15)16)13(18)14-6-4-5-12(17)19-2/h3-5,10H,1,6-9H2,2H3,(H,14,18)/b5-4+. The first-order valence-corrected chi connectivity index (χ1v) is 5.99. The zero-order valence-electron chi connectivity index (χ0n) is 10.9. The molecule has 1 heterocycles. The summed E-state index contributed by atoms with van der Waals surface area (Å²) in [5.41, 5.74) is 0. The van der Waals surface area contributed by atoms with Gasteiger partial charge < -0.3 is 15.0 Å². The monoisotopic (exact) mass is 266 g/mol. The highest BCUT2D eigenvalue weighted by Crippen LogP contribution is 2.17. The molecule has 0 bridgehead atoms. The molecule has 1 rings (SSSR count). The lowest BCUT2D eigenvalue weighted by molar-refractivity contribution is -0.135. The van der Waals surface area contributed by atoms with E-state index >= 15 is 0 Å². The van der Waals surface area contributed by atoms with Gasteiger partial charge >= 0.3 is 5.97 Å². The van der Waals surface area contributed by atoms with Gasteiger partial charge in [-0.3, -0.25) is 9.59 Å². The van der Waals surface area contributed by atoms with Crippen LogP contribution in [0.5, 0.6) is 0 Å². The molecule has 1 saturated heterocycles. The van der Waals surface area contributed by atoms with Crippen LogP contribution in [0.2, 0.25) is 0 Å². The minimum absolute atomic E-state index is 0.0369. The minimum atomic E-state index is -0.470. The number of methoxy groups -OCH3 is 1. The molecular weight excluding hydrogens is 248 g/mol. The normalized spacial score (nSPS) is 18.7. The minimum Gasteiger partial charge on any atom is -0.466 e. The molecular formula is C13H18N2O4. The van der Waals surface area contributed by atoms with Crippen LogP contribution in [0, 0.1) is 5.92 Å². The molecule has 0 spiro atoms. The number of hydrogen-bond donors (Lipinski definition) is 1. The van der Waals surface area contributed by atoms with Crippen LogP contribution < -0.4 is 5.32 Å². The Hall–Kier alpha value is -2.11. The molecule has 0 aromatic carbocycles. The summed E-state index contributed by atoms with van der Waals surface area (Å²) in [5, 5.41) is 2.65. The van der Waals surface area contributed by atoms with Crippen molar-refractivity contribution >= 4 is 17.8 Å². The molecule has 1 N–H and O–H groups in total. The molecule has 0 radical (unpaired) electrons. The summed E-state index contributed by atoms with van der Waals surface area (Å²) >= 11 is 0. The topological polar surface area (TPSA) is 75.7 Å². The zero-order chi connectivity index (χ0) is 14.3. The highest BCUT2D eigenvalue weighted by atomic mass is 16.5. The number of carbonyl (C=O) groups is 3. The third-order valence-electron chi connectivity index (χ3n) is 2.78. The van der Waals surface area contributed by atoms with E-state index in [1.54, 1.807) is 11.0 Å². The highest BCUT2D eigenvalue weighted by molar-refractivity contribution is 5.89. The van der Waals surface area contributed by atoms with Gasteiger partial charge in [-0.05, 0) is 0 Å². The lowest BCUT2D eigenvalue weighted by atomic mass is 10.1. The molecule has 1 aliphatic rings. The maximum atomic E-state index is 11.8. The van der Waals surface area contributed by atoms with Crippen LogP contribution in [0.4, 0.5) is 0 Å². The van der Waals surface area contributed by atoms with Gasteiger partial charge in [0.25, 0.3) is 0 Å². The van der Waals surface area contributed by atoms with E-state index in [1.807, 2.05) is 0 Å². The summed E-state index contributed by atoms with van der Waals surface area (Å²) in [4.78, 5) is 35.7. The van der Waals surface area contributed by atoms with Crippen molar-refractivity contribution in [2.24, 2.45) is 5.92 Å². The number of likely N-dealkylation sites (tertiary alicyclic amines) is 1. The maximum absolute atomic E-state index is 11.8. The number of amides is 2. The predicted octanol–water partition coefficient (Wildman–Crippen LogP) is -0.134. The van der Waals surface area contributed by atoms with Crippen molar-refractivity contribution in [3.63, 3.8) is 0 Å². The van der Waals surface area contributed by atoms with Gasteiger partial charge in [0, 0.05) is 32.1 Å². The second-order valence-electron chi connectivity index (χ2n) is 4.16. The molecule has 6 nitrogen and oxygen atoms in total. The van der Waals surface area contributed by atoms with Gasteiger partial charge in [0.1, 0.15) is 0 Å². The Morgan fingerprint density at radius 2 is 2.32 bits per heavy atom. The highest BCUT2D eigenvalue weighted by Gasteiger charge is 2.33. The van der Waals surface area contributed by atoms with E-state index in [4.69, 9.17) is 0 Å². The SMILES string of the molecule is C=CCN1CC(C(=O)NC/C=C/C(=O)OC)CC1=O. The van der Waals surface area contributed by atoms with Gasteiger partial charge in [-0.25, -0.2) is 4.79 Å². The molecule has 104 valence electrons. The summed E-state index contributed by atoms with van der Waals surface area (Å²) in [6.45, 7) is 4.68. The third kappa shape index (κ3) is 4.57. The van der Waals surface area contributed by atoms with Crippen molar-refractivity contribution in [3.05, 3.63) is 24.8 Å². The van der Waals surface area contributed by atoms with E-state index < -0.39 is 5.97 Å². The Morgan fingerprint density at radius 1 is 1.58 bits per heavy atom. The second kappa shape index (κ2) is 7.35. The average Bonchev–Trinajstić information content (AvgIpc) is 2.76. The van der Waals surface area contributed by atoms with Crippen LogP contribution in [-0.4, -0.2) is 49.4 Å². The summed E-state index contributed by atoms with van der Waals surface area (Å²) in [6.07, 6.45) is 4.60. The number of hydrogen-bond acceptors (Lipinski definition) is 4. The smallest absolute Gasteiger partial charge is 0.330 e. The van der Waals surface area contributed by atoms with Gasteiger partial charge in [0.2, 0.25) is 11.8 Å².